The molecule has 0 saturated carbocycles. The zero-order valence-electron chi connectivity index (χ0n) is 11.1. The van der Waals surface area contributed by atoms with E-state index in [9.17, 15) is 0 Å². The van der Waals surface area contributed by atoms with Crippen molar-refractivity contribution in [2.45, 2.75) is 39.8 Å². The minimum atomic E-state index is 0.270. The van der Waals surface area contributed by atoms with Crippen LogP contribution in [0.3, 0.4) is 0 Å². The van der Waals surface area contributed by atoms with Gasteiger partial charge in [-0.05, 0) is 50.6 Å². The third kappa shape index (κ3) is 4.78. The molecule has 1 aromatic carbocycles. The van der Waals surface area contributed by atoms with Gasteiger partial charge in [-0.1, -0.05) is 28.9 Å². The molecule has 96 valence electrons. The molecule has 0 amide bonds. The van der Waals surface area contributed by atoms with Gasteiger partial charge in [0.15, 0.2) is 0 Å². The summed E-state index contributed by atoms with van der Waals surface area (Å²) in [7, 11) is 0. The molecule has 0 fully saturated rings. The maximum atomic E-state index is 5.72. The van der Waals surface area contributed by atoms with Crippen LogP contribution in [0.15, 0.2) is 22.7 Å². The molecule has 0 saturated heterocycles. The van der Waals surface area contributed by atoms with Crippen LogP contribution in [-0.2, 0) is 4.74 Å². The minimum absolute atomic E-state index is 0.270. The molecule has 0 bridgehead atoms. The Labute approximate surface area is 113 Å². The van der Waals surface area contributed by atoms with Gasteiger partial charge < -0.3 is 10.1 Å². The van der Waals surface area contributed by atoms with Gasteiger partial charge in [0.05, 0.1) is 18.8 Å². The maximum absolute atomic E-state index is 5.72. The molecule has 0 heterocycles. The lowest BCUT2D eigenvalue weighted by Crippen LogP contribution is -2.27. The summed E-state index contributed by atoms with van der Waals surface area (Å²) in [5, 5.41) is 3.47. The number of aryl methyl sites for hydroxylation is 1. The average Bonchev–Trinajstić information content (AvgIpc) is 2.24. The molecule has 0 radical (unpaired) electrons. The van der Waals surface area contributed by atoms with Gasteiger partial charge in [0, 0.05) is 4.47 Å². The first kappa shape index (κ1) is 14.7. The van der Waals surface area contributed by atoms with Gasteiger partial charge in [-0.15, -0.1) is 0 Å². The Bertz CT molecular complexity index is 352. The van der Waals surface area contributed by atoms with E-state index in [1.54, 1.807) is 0 Å². The predicted octanol–water partition coefficient (Wildman–Crippen LogP) is 3.83. The van der Waals surface area contributed by atoms with Gasteiger partial charge in [-0.3, -0.25) is 0 Å². The summed E-state index contributed by atoms with van der Waals surface area (Å²) < 4.78 is 6.85. The summed E-state index contributed by atoms with van der Waals surface area (Å²) in [6.45, 7) is 10.1. The fraction of sp³-hybridized carbons (Fsp3) is 0.571. The summed E-state index contributed by atoms with van der Waals surface area (Å²) >= 11 is 3.49. The summed E-state index contributed by atoms with van der Waals surface area (Å²) in [5.74, 6) is 0. The van der Waals surface area contributed by atoms with E-state index in [4.69, 9.17) is 4.74 Å². The third-order valence-electron chi connectivity index (χ3n) is 2.65. The summed E-state index contributed by atoms with van der Waals surface area (Å²) in [6, 6.07) is 6.67. The number of benzene rings is 1. The third-order valence-corrected chi connectivity index (χ3v) is 3.15. The molecule has 0 aromatic heterocycles. The standard InChI is InChI=1S/C14H22BrNO/c1-5-16-14(9-17-10(2)3)13-7-6-12(15)8-11(13)4/h6-8,10,14,16H,5,9H2,1-4H3. The van der Waals surface area contributed by atoms with Gasteiger partial charge in [0.1, 0.15) is 0 Å². The fourth-order valence-corrected chi connectivity index (χ4v) is 2.30. The van der Waals surface area contributed by atoms with Crippen molar-refractivity contribution in [3.05, 3.63) is 33.8 Å². The average molecular weight is 300 g/mol. The van der Waals surface area contributed by atoms with E-state index < -0.39 is 0 Å². The van der Waals surface area contributed by atoms with E-state index in [2.05, 4.69) is 67.1 Å². The molecule has 17 heavy (non-hydrogen) atoms. The van der Waals surface area contributed by atoms with Crippen molar-refractivity contribution in [2.75, 3.05) is 13.2 Å². The van der Waals surface area contributed by atoms with Gasteiger partial charge in [0.25, 0.3) is 0 Å². The van der Waals surface area contributed by atoms with Crippen LogP contribution < -0.4 is 5.32 Å². The molecule has 0 spiro atoms. The number of nitrogens with one attached hydrogen (secondary N) is 1. The number of halogens is 1. The van der Waals surface area contributed by atoms with Crippen LogP contribution in [0, 0.1) is 6.92 Å². The van der Waals surface area contributed by atoms with E-state index in [0.717, 1.165) is 11.0 Å². The number of ether oxygens (including phenoxy) is 1. The Hall–Kier alpha value is -0.380. The first-order valence-electron chi connectivity index (χ1n) is 6.15. The Morgan fingerprint density at radius 2 is 2.06 bits per heavy atom. The normalized spacial score (nSPS) is 13.1. The summed E-state index contributed by atoms with van der Waals surface area (Å²) in [4.78, 5) is 0. The van der Waals surface area contributed by atoms with E-state index in [0.29, 0.717) is 6.61 Å². The monoisotopic (exact) mass is 299 g/mol. The van der Waals surface area contributed by atoms with E-state index >= 15 is 0 Å². The number of rotatable bonds is 6. The van der Waals surface area contributed by atoms with E-state index in [1.165, 1.54) is 11.1 Å². The SMILES string of the molecule is CCNC(COC(C)C)c1ccc(Br)cc1C. The molecule has 1 rings (SSSR count). The highest BCUT2D eigenvalue weighted by molar-refractivity contribution is 9.10. The van der Waals surface area contributed by atoms with Gasteiger partial charge in [-0.25, -0.2) is 0 Å². The topological polar surface area (TPSA) is 21.3 Å². The number of hydrogen-bond donors (Lipinski definition) is 1. The van der Waals surface area contributed by atoms with Crippen LogP contribution in [0.2, 0.25) is 0 Å². The molecule has 0 aliphatic carbocycles. The minimum Gasteiger partial charge on any atom is -0.377 e. The van der Waals surface area contributed by atoms with E-state index in [-0.39, 0.29) is 12.1 Å². The van der Waals surface area contributed by atoms with Gasteiger partial charge in [-0.2, -0.15) is 0 Å². The van der Waals surface area contributed by atoms with Crippen LogP contribution in [0.1, 0.15) is 37.9 Å². The van der Waals surface area contributed by atoms with Crippen molar-refractivity contribution in [3.63, 3.8) is 0 Å². The van der Waals surface area contributed by atoms with E-state index in [1.807, 2.05) is 0 Å². The van der Waals surface area contributed by atoms with Crippen LogP contribution in [0.5, 0.6) is 0 Å². The highest BCUT2D eigenvalue weighted by atomic mass is 79.9. The maximum Gasteiger partial charge on any atom is 0.0665 e. The largest absolute Gasteiger partial charge is 0.377 e. The van der Waals surface area contributed by atoms with Crippen LogP contribution >= 0.6 is 15.9 Å². The lowest BCUT2D eigenvalue weighted by atomic mass is 10.0. The second-order valence-corrected chi connectivity index (χ2v) is 5.41. The van der Waals surface area contributed by atoms with Crippen molar-refractivity contribution in [1.29, 1.82) is 0 Å². The molecule has 1 atom stereocenters. The summed E-state index contributed by atoms with van der Waals surface area (Å²) in [6.07, 6.45) is 0.270. The predicted molar refractivity (Wildman–Crippen MR) is 76.4 cm³/mol. The molecule has 0 aliphatic heterocycles. The van der Waals surface area contributed by atoms with Crippen molar-refractivity contribution in [1.82, 2.24) is 5.32 Å². The Balaban J connectivity index is 2.81. The zero-order chi connectivity index (χ0) is 12.8. The van der Waals surface area contributed by atoms with Gasteiger partial charge >= 0.3 is 0 Å². The smallest absolute Gasteiger partial charge is 0.0665 e. The van der Waals surface area contributed by atoms with Crippen molar-refractivity contribution >= 4 is 15.9 Å². The Kier molecular flexibility index (Phi) is 6.17. The highest BCUT2D eigenvalue weighted by Crippen LogP contribution is 2.22. The lowest BCUT2D eigenvalue weighted by Gasteiger charge is -2.21. The first-order chi connectivity index (χ1) is 8.04. The quantitative estimate of drug-likeness (QED) is 0.862. The molecule has 0 aliphatic rings. The van der Waals surface area contributed by atoms with Gasteiger partial charge in [0.2, 0.25) is 0 Å². The first-order valence-corrected chi connectivity index (χ1v) is 6.95. The zero-order valence-corrected chi connectivity index (χ0v) is 12.7. The highest BCUT2D eigenvalue weighted by Gasteiger charge is 2.13. The van der Waals surface area contributed by atoms with Crippen molar-refractivity contribution < 1.29 is 4.74 Å². The molecule has 2 nitrogen and oxygen atoms in total. The lowest BCUT2D eigenvalue weighted by molar-refractivity contribution is 0.0613. The van der Waals surface area contributed by atoms with Crippen LogP contribution in [0.4, 0.5) is 0 Å². The second kappa shape index (κ2) is 7.14. The van der Waals surface area contributed by atoms with Crippen molar-refractivity contribution in [3.8, 4) is 0 Å². The second-order valence-electron chi connectivity index (χ2n) is 4.49. The number of hydrogen-bond acceptors (Lipinski definition) is 2. The van der Waals surface area contributed by atoms with Crippen LogP contribution in [-0.4, -0.2) is 19.3 Å². The van der Waals surface area contributed by atoms with Crippen LogP contribution in [0.25, 0.3) is 0 Å². The Morgan fingerprint density at radius 3 is 2.59 bits per heavy atom. The molecular weight excluding hydrogens is 278 g/mol. The van der Waals surface area contributed by atoms with Crippen molar-refractivity contribution in [2.24, 2.45) is 0 Å². The molecular formula is C14H22BrNO. The molecule has 1 aromatic rings. The molecule has 1 N–H and O–H groups in total. The summed E-state index contributed by atoms with van der Waals surface area (Å²) in [5.41, 5.74) is 2.60. The molecule has 1 unspecified atom stereocenters. The Morgan fingerprint density at radius 1 is 1.35 bits per heavy atom. The molecule has 3 heteroatoms. The number of likely N-dealkylation sites (N-methyl/N-ethyl adjacent to an activating group) is 1. The fourth-order valence-electron chi connectivity index (χ4n) is 1.82.